The summed E-state index contributed by atoms with van der Waals surface area (Å²) in [5.74, 6) is 2.21. The van der Waals surface area contributed by atoms with Crippen LogP contribution in [0.3, 0.4) is 0 Å². The molecule has 1 aliphatic heterocycles. The van der Waals surface area contributed by atoms with Crippen LogP contribution in [-0.4, -0.2) is 22.2 Å². The first-order valence-corrected chi connectivity index (χ1v) is 5.47. The van der Waals surface area contributed by atoms with Crippen molar-refractivity contribution in [3.63, 3.8) is 0 Å². The molecule has 2 unspecified atom stereocenters. The Morgan fingerprint density at radius 1 is 1.67 bits per heavy atom. The molecule has 0 spiro atoms. The Kier molecular flexibility index (Phi) is 3.03. The lowest BCUT2D eigenvalue weighted by atomic mass is 9.79. The van der Waals surface area contributed by atoms with E-state index in [0.29, 0.717) is 11.7 Å². The molecule has 1 heterocycles. The summed E-state index contributed by atoms with van der Waals surface area (Å²) in [5.41, 5.74) is -1.07. The topological polar surface area (TPSA) is 44.0 Å². The number of rotatable bonds is 1. The standard InChI is InChI=1S/C9H15NOS/c1-7(2)8-3-4-12-6-9(8,11)5-10/h7-8,11H,3-4,6H2,1-2H3. The lowest BCUT2D eigenvalue weighted by Crippen LogP contribution is -2.44. The van der Waals surface area contributed by atoms with E-state index in [2.05, 4.69) is 13.8 Å². The fourth-order valence-electron chi connectivity index (χ4n) is 1.78. The summed E-state index contributed by atoms with van der Waals surface area (Å²) in [4.78, 5) is 0. The van der Waals surface area contributed by atoms with E-state index in [9.17, 15) is 5.11 Å². The predicted molar refractivity (Wildman–Crippen MR) is 50.8 cm³/mol. The highest BCUT2D eigenvalue weighted by Gasteiger charge is 2.40. The molecule has 12 heavy (non-hydrogen) atoms. The number of nitrogens with zero attached hydrogens (tertiary/aromatic N) is 1. The van der Waals surface area contributed by atoms with Crippen LogP contribution >= 0.6 is 11.8 Å². The lowest BCUT2D eigenvalue weighted by molar-refractivity contribution is 0.0300. The van der Waals surface area contributed by atoms with Gasteiger partial charge in [0.1, 0.15) is 0 Å². The monoisotopic (exact) mass is 185 g/mol. The van der Waals surface area contributed by atoms with E-state index in [1.165, 1.54) is 0 Å². The molecule has 0 bridgehead atoms. The summed E-state index contributed by atoms with van der Waals surface area (Å²) in [6.45, 7) is 4.14. The second kappa shape index (κ2) is 3.68. The van der Waals surface area contributed by atoms with Crippen LogP contribution in [-0.2, 0) is 0 Å². The van der Waals surface area contributed by atoms with Gasteiger partial charge in [0.2, 0.25) is 0 Å². The quantitative estimate of drug-likeness (QED) is 0.632. The number of thioether (sulfide) groups is 1. The Morgan fingerprint density at radius 3 is 2.75 bits per heavy atom. The van der Waals surface area contributed by atoms with Crippen molar-refractivity contribution >= 4 is 11.8 Å². The molecule has 0 saturated carbocycles. The molecule has 2 atom stereocenters. The lowest BCUT2D eigenvalue weighted by Gasteiger charge is -2.36. The van der Waals surface area contributed by atoms with Gasteiger partial charge >= 0.3 is 0 Å². The maximum atomic E-state index is 9.93. The Labute approximate surface area is 78.0 Å². The van der Waals surface area contributed by atoms with Gasteiger partial charge in [-0.25, -0.2) is 0 Å². The van der Waals surface area contributed by atoms with Crippen molar-refractivity contribution in [2.75, 3.05) is 11.5 Å². The van der Waals surface area contributed by atoms with Gasteiger partial charge in [-0.1, -0.05) is 13.8 Å². The van der Waals surface area contributed by atoms with Gasteiger partial charge in [0.25, 0.3) is 0 Å². The molecule has 3 heteroatoms. The zero-order chi connectivity index (χ0) is 9.19. The van der Waals surface area contributed by atoms with E-state index in [1.54, 1.807) is 11.8 Å². The zero-order valence-corrected chi connectivity index (χ0v) is 8.40. The van der Waals surface area contributed by atoms with Gasteiger partial charge in [-0.3, -0.25) is 0 Å². The van der Waals surface area contributed by atoms with E-state index in [0.717, 1.165) is 12.2 Å². The first-order chi connectivity index (χ1) is 5.60. The van der Waals surface area contributed by atoms with E-state index in [4.69, 9.17) is 5.26 Å². The second-order valence-electron chi connectivity index (χ2n) is 3.73. The molecule has 0 radical (unpaired) electrons. The molecule has 0 aromatic carbocycles. The molecule has 0 amide bonds. The van der Waals surface area contributed by atoms with Crippen LogP contribution < -0.4 is 0 Å². The van der Waals surface area contributed by atoms with Crippen LogP contribution in [0.5, 0.6) is 0 Å². The average molecular weight is 185 g/mol. The third-order valence-corrected chi connectivity index (χ3v) is 3.68. The van der Waals surface area contributed by atoms with Gasteiger partial charge < -0.3 is 5.11 Å². The van der Waals surface area contributed by atoms with Crippen molar-refractivity contribution in [1.29, 1.82) is 5.26 Å². The summed E-state index contributed by atoms with van der Waals surface area (Å²) in [6, 6.07) is 2.05. The molecule has 0 aliphatic carbocycles. The van der Waals surface area contributed by atoms with Crippen LogP contribution in [0.25, 0.3) is 0 Å². The van der Waals surface area contributed by atoms with Crippen LogP contribution in [0.15, 0.2) is 0 Å². The number of hydrogen-bond donors (Lipinski definition) is 1. The molecule has 68 valence electrons. The van der Waals surface area contributed by atoms with Crippen molar-refractivity contribution < 1.29 is 5.11 Å². The second-order valence-corrected chi connectivity index (χ2v) is 4.83. The van der Waals surface area contributed by atoms with Gasteiger partial charge in [0.15, 0.2) is 5.60 Å². The molecule has 1 rings (SSSR count). The summed E-state index contributed by atoms with van der Waals surface area (Å²) >= 11 is 1.68. The highest BCUT2D eigenvalue weighted by Crippen LogP contribution is 2.36. The van der Waals surface area contributed by atoms with E-state index in [-0.39, 0.29) is 5.92 Å². The van der Waals surface area contributed by atoms with Crippen molar-refractivity contribution in [3.05, 3.63) is 0 Å². The van der Waals surface area contributed by atoms with Crippen LogP contribution in [0, 0.1) is 23.2 Å². The normalized spacial score (nSPS) is 36.4. The van der Waals surface area contributed by atoms with Gasteiger partial charge in [0.05, 0.1) is 6.07 Å². The van der Waals surface area contributed by atoms with Crippen LogP contribution in [0.1, 0.15) is 20.3 Å². The van der Waals surface area contributed by atoms with Crippen LogP contribution in [0.4, 0.5) is 0 Å². The molecule has 1 aliphatic rings. The Hall–Kier alpha value is -0.200. The summed E-state index contributed by atoms with van der Waals surface area (Å²) in [6.07, 6.45) is 0.965. The number of hydrogen-bond acceptors (Lipinski definition) is 3. The average Bonchev–Trinajstić information content (AvgIpc) is 2.05. The first-order valence-electron chi connectivity index (χ1n) is 4.31. The third-order valence-electron chi connectivity index (χ3n) is 2.51. The minimum Gasteiger partial charge on any atom is -0.374 e. The Morgan fingerprint density at radius 2 is 2.33 bits per heavy atom. The molecular weight excluding hydrogens is 170 g/mol. The van der Waals surface area contributed by atoms with Crippen molar-refractivity contribution in [3.8, 4) is 6.07 Å². The molecule has 0 aromatic rings. The number of nitriles is 1. The highest BCUT2D eigenvalue weighted by atomic mass is 32.2. The van der Waals surface area contributed by atoms with Gasteiger partial charge in [-0.05, 0) is 18.1 Å². The third kappa shape index (κ3) is 1.75. The minimum absolute atomic E-state index is 0.156. The summed E-state index contributed by atoms with van der Waals surface area (Å²) in [7, 11) is 0. The maximum absolute atomic E-state index is 9.93. The van der Waals surface area contributed by atoms with Gasteiger partial charge in [0, 0.05) is 11.7 Å². The fourth-order valence-corrected chi connectivity index (χ4v) is 2.94. The first kappa shape index (κ1) is 9.88. The predicted octanol–water partition coefficient (Wildman–Crippen LogP) is 1.65. The van der Waals surface area contributed by atoms with Crippen molar-refractivity contribution in [1.82, 2.24) is 0 Å². The number of aliphatic hydroxyl groups is 1. The molecule has 1 N–H and O–H groups in total. The van der Waals surface area contributed by atoms with Gasteiger partial charge in [-0.15, -0.1) is 0 Å². The van der Waals surface area contributed by atoms with E-state index < -0.39 is 5.60 Å². The zero-order valence-electron chi connectivity index (χ0n) is 7.58. The molecular formula is C9H15NOS. The van der Waals surface area contributed by atoms with Crippen molar-refractivity contribution in [2.45, 2.75) is 25.9 Å². The summed E-state index contributed by atoms with van der Waals surface area (Å²) in [5, 5.41) is 18.8. The molecule has 1 saturated heterocycles. The molecule has 1 fully saturated rings. The van der Waals surface area contributed by atoms with Crippen molar-refractivity contribution in [2.24, 2.45) is 11.8 Å². The van der Waals surface area contributed by atoms with E-state index in [1.807, 2.05) is 6.07 Å². The SMILES string of the molecule is CC(C)C1CCSCC1(O)C#N. The Balaban J connectivity index is 2.75. The maximum Gasteiger partial charge on any atom is 0.163 e. The molecule has 2 nitrogen and oxygen atoms in total. The smallest absolute Gasteiger partial charge is 0.163 e. The van der Waals surface area contributed by atoms with Crippen LogP contribution in [0.2, 0.25) is 0 Å². The molecule has 0 aromatic heterocycles. The minimum atomic E-state index is -1.07. The summed E-state index contributed by atoms with van der Waals surface area (Å²) < 4.78 is 0. The van der Waals surface area contributed by atoms with Gasteiger partial charge in [-0.2, -0.15) is 17.0 Å². The van der Waals surface area contributed by atoms with E-state index >= 15 is 0 Å². The highest BCUT2D eigenvalue weighted by molar-refractivity contribution is 7.99. The fraction of sp³-hybridized carbons (Fsp3) is 0.889. The Bertz CT molecular complexity index is 199. The largest absolute Gasteiger partial charge is 0.374 e.